The molecule has 158 valence electrons. The van der Waals surface area contributed by atoms with Crippen molar-refractivity contribution in [3.05, 3.63) is 75.3 Å². The fourth-order valence-electron chi connectivity index (χ4n) is 3.29. The van der Waals surface area contributed by atoms with Crippen LogP contribution in [0.4, 0.5) is 13.2 Å². The summed E-state index contributed by atoms with van der Waals surface area (Å²) in [6.45, 7) is 1.77. The molecule has 5 nitrogen and oxygen atoms in total. The number of rotatable bonds is 4. The number of nitrogens with one attached hydrogen (secondary N) is 1. The highest BCUT2D eigenvalue weighted by Gasteiger charge is 2.27. The zero-order chi connectivity index (χ0) is 22.2. The predicted octanol–water partition coefficient (Wildman–Crippen LogP) is 5.50. The van der Waals surface area contributed by atoms with E-state index in [1.54, 1.807) is 19.1 Å². The highest BCUT2D eigenvalue weighted by atomic mass is 35.5. The lowest BCUT2D eigenvalue weighted by Gasteiger charge is -2.12. The molecule has 0 amide bonds. The molecule has 0 aliphatic heterocycles. The summed E-state index contributed by atoms with van der Waals surface area (Å²) in [6.07, 6.45) is -4.62. The monoisotopic (exact) mass is 444 g/mol. The van der Waals surface area contributed by atoms with Crippen LogP contribution >= 0.6 is 11.6 Å². The van der Waals surface area contributed by atoms with Crippen molar-refractivity contribution >= 4 is 22.8 Å². The molecule has 4 rings (SSSR count). The topological polar surface area (TPSA) is 71.5 Å². The lowest BCUT2D eigenvalue weighted by molar-refractivity contribution is -0.134. The van der Waals surface area contributed by atoms with Gasteiger partial charge in [-0.05, 0) is 25.5 Å². The Morgan fingerprint density at radius 2 is 1.71 bits per heavy atom. The van der Waals surface area contributed by atoms with Crippen molar-refractivity contribution in [3.63, 3.8) is 0 Å². The zero-order valence-electron chi connectivity index (χ0n) is 16.3. The number of aryl methyl sites for hydroxylation is 2. The van der Waals surface area contributed by atoms with Gasteiger partial charge in [0.1, 0.15) is 5.15 Å². The lowest BCUT2D eigenvalue weighted by Crippen LogP contribution is -2.17. The van der Waals surface area contributed by atoms with Crippen molar-refractivity contribution in [3.8, 4) is 22.5 Å². The zero-order valence-corrected chi connectivity index (χ0v) is 17.1. The molecule has 9 heteroatoms. The largest absolute Gasteiger partial charge is 0.389 e. The van der Waals surface area contributed by atoms with Crippen molar-refractivity contribution in [2.24, 2.45) is 0 Å². The molecule has 4 aromatic rings. The van der Waals surface area contributed by atoms with Crippen molar-refractivity contribution in [2.75, 3.05) is 0 Å². The summed E-state index contributed by atoms with van der Waals surface area (Å²) in [5.74, 6) is 0. The number of benzene rings is 1. The predicted molar refractivity (Wildman–Crippen MR) is 113 cm³/mol. The third-order valence-electron chi connectivity index (χ3n) is 4.71. The van der Waals surface area contributed by atoms with E-state index in [1.807, 2.05) is 30.3 Å². The highest BCUT2D eigenvalue weighted by molar-refractivity contribution is 6.29. The average Bonchev–Trinajstić information content (AvgIpc) is 2.72. The van der Waals surface area contributed by atoms with Crippen LogP contribution in [0.5, 0.6) is 0 Å². The van der Waals surface area contributed by atoms with Crippen molar-refractivity contribution in [1.82, 2.24) is 19.9 Å². The molecule has 0 saturated carbocycles. The Labute approximate surface area is 180 Å². The Balaban J connectivity index is 1.95. The van der Waals surface area contributed by atoms with E-state index < -0.39 is 24.4 Å². The summed E-state index contributed by atoms with van der Waals surface area (Å²) in [4.78, 5) is 29.0. The number of hydrogen-bond acceptors (Lipinski definition) is 4. The number of halogens is 4. The van der Waals surface area contributed by atoms with Gasteiger partial charge in [0, 0.05) is 35.0 Å². The van der Waals surface area contributed by atoms with E-state index in [0.717, 1.165) is 5.56 Å². The van der Waals surface area contributed by atoms with E-state index in [9.17, 15) is 18.0 Å². The Bertz CT molecular complexity index is 1300. The third-order valence-corrected chi connectivity index (χ3v) is 4.90. The number of H-pyrrole nitrogens is 1. The van der Waals surface area contributed by atoms with E-state index in [1.165, 1.54) is 6.20 Å². The van der Waals surface area contributed by atoms with Gasteiger partial charge in [0.25, 0.3) is 0 Å². The average molecular weight is 445 g/mol. The second kappa shape index (κ2) is 8.11. The van der Waals surface area contributed by atoms with Gasteiger partial charge in [-0.3, -0.25) is 4.79 Å². The molecular formula is C22H16ClF3N4O. The first-order chi connectivity index (χ1) is 14.7. The molecule has 0 bridgehead atoms. The number of pyridine rings is 2. The van der Waals surface area contributed by atoms with Crippen LogP contribution in [-0.2, 0) is 6.42 Å². The van der Waals surface area contributed by atoms with Gasteiger partial charge in [0.05, 0.1) is 11.4 Å². The first kappa shape index (κ1) is 21.0. The van der Waals surface area contributed by atoms with Crippen molar-refractivity contribution in [1.29, 1.82) is 0 Å². The minimum absolute atomic E-state index is 0.00137. The van der Waals surface area contributed by atoms with Gasteiger partial charge in [0.2, 0.25) is 5.43 Å². The summed E-state index contributed by atoms with van der Waals surface area (Å²) >= 11 is 6.12. The van der Waals surface area contributed by atoms with Crippen LogP contribution in [0.2, 0.25) is 5.15 Å². The molecule has 0 atom stereocenters. The summed E-state index contributed by atoms with van der Waals surface area (Å²) in [5, 5.41) is 0.253. The summed E-state index contributed by atoms with van der Waals surface area (Å²) in [5.41, 5.74) is 2.50. The van der Waals surface area contributed by atoms with Crippen LogP contribution in [-0.4, -0.2) is 26.1 Å². The normalized spacial score (nSPS) is 11.8. The van der Waals surface area contributed by atoms with E-state index in [-0.39, 0.29) is 21.9 Å². The minimum Gasteiger partial charge on any atom is -0.344 e. The van der Waals surface area contributed by atoms with Crippen LogP contribution in [0.1, 0.15) is 17.7 Å². The molecular weight excluding hydrogens is 429 g/mol. The maximum atomic E-state index is 12.9. The van der Waals surface area contributed by atoms with Crippen molar-refractivity contribution in [2.45, 2.75) is 25.9 Å². The molecule has 3 heterocycles. The summed E-state index contributed by atoms with van der Waals surface area (Å²) in [6, 6.07) is 12.6. The SMILES string of the molecule is Cc1cc(-c2nc3c(=O)c(CCC(F)(F)F)c[nH]c3nc2-c2ccccc2)cc(Cl)n1. The van der Waals surface area contributed by atoms with E-state index >= 15 is 0 Å². The van der Waals surface area contributed by atoms with Crippen molar-refractivity contribution < 1.29 is 13.2 Å². The Morgan fingerprint density at radius 1 is 1.00 bits per heavy atom. The molecule has 0 aliphatic carbocycles. The van der Waals surface area contributed by atoms with Crippen LogP contribution in [0.15, 0.2) is 53.5 Å². The molecule has 0 unspecified atom stereocenters. The highest BCUT2D eigenvalue weighted by Crippen LogP contribution is 2.31. The lowest BCUT2D eigenvalue weighted by atomic mass is 10.0. The van der Waals surface area contributed by atoms with E-state index in [0.29, 0.717) is 22.6 Å². The Morgan fingerprint density at radius 3 is 2.39 bits per heavy atom. The summed E-state index contributed by atoms with van der Waals surface area (Å²) in [7, 11) is 0. The van der Waals surface area contributed by atoms with Gasteiger partial charge >= 0.3 is 6.18 Å². The minimum atomic E-state index is -4.36. The maximum absolute atomic E-state index is 12.9. The van der Waals surface area contributed by atoms with Gasteiger partial charge in [-0.2, -0.15) is 13.2 Å². The molecule has 3 aromatic heterocycles. The number of hydrogen-bond donors (Lipinski definition) is 1. The quantitative estimate of drug-likeness (QED) is 0.422. The van der Waals surface area contributed by atoms with Gasteiger partial charge in [-0.15, -0.1) is 0 Å². The fraction of sp³-hybridized carbons (Fsp3) is 0.182. The first-order valence-electron chi connectivity index (χ1n) is 9.40. The van der Waals surface area contributed by atoms with Crippen LogP contribution in [0, 0.1) is 6.92 Å². The number of fused-ring (bicyclic) bond motifs is 1. The maximum Gasteiger partial charge on any atom is 0.389 e. The second-order valence-corrected chi connectivity index (χ2v) is 7.45. The van der Waals surface area contributed by atoms with Gasteiger partial charge in [-0.25, -0.2) is 15.0 Å². The molecule has 0 radical (unpaired) electrons. The van der Waals surface area contributed by atoms with Crippen LogP contribution in [0.25, 0.3) is 33.7 Å². The molecule has 0 fully saturated rings. The number of aromatic nitrogens is 4. The first-order valence-corrected chi connectivity index (χ1v) is 9.78. The fourth-order valence-corrected chi connectivity index (χ4v) is 3.54. The molecule has 31 heavy (non-hydrogen) atoms. The van der Waals surface area contributed by atoms with Gasteiger partial charge < -0.3 is 4.98 Å². The molecule has 0 aliphatic rings. The smallest absolute Gasteiger partial charge is 0.344 e. The molecule has 1 aromatic carbocycles. The van der Waals surface area contributed by atoms with Crippen LogP contribution in [0.3, 0.4) is 0 Å². The third kappa shape index (κ3) is 4.59. The number of alkyl halides is 3. The van der Waals surface area contributed by atoms with Crippen LogP contribution < -0.4 is 5.43 Å². The second-order valence-electron chi connectivity index (χ2n) is 7.06. The molecule has 0 saturated heterocycles. The molecule has 1 N–H and O–H groups in total. The number of nitrogens with zero attached hydrogens (tertiary/aromatic N) is 3. The van der Waals surface area contributed by atoms with Gasteiger partial charge in [-0.1, -0.05) is 41.9 Å². The Kier molecular flexibility index (Phi) is 5.49. The van der Waals surface area contributed by atoms with Gasteiger partial charge in [0.15, 0.2) is 11.2 Å². The molecule has 0 spiro atoms. The standard InChI is InChI=1S/C22H16ClF3N4O/c1-12-9-15(10-16(23)28-12)18-17(13-5-3-2-4-6-13)30-21-19(29-18)20(31)14(11-27-21)7-8-22(24,25)26/h2-6,9-11H,7-8H2,1H3,(H,27,30,31). The van der Waals surface area contributed by atoms with E-state index in [2.05, 4.69) is 19.9 Å². The Hall–Kier alpha value is -3.26. The number of aromatic amines is 1. The van der Waals surface area contributed by atoms with E-state index in [4.69, 9.17) is 11.6 Å². The summed E-state index contributed by atoms with van der Waals surface area (Å²) < 4.78 is 37.9.